The third-order valence-electron chi connectivity index (χ3n) is 3.48. The van der Waals surface area contributed by atoms with E-state index in [1.807, 2.05) is 37.3 Å². The topological polar surface area (TPSA) is 53.1 Å². The SMILES string of the molecule is CCOc1ccc2c(c1)nc(CN)n2Cc1ccccc1. The van der Waals surface area contributed by atoms with Crippen molar-refractivity contribution >= 4 is 11.0 Å². The quantitative estimate of drug-likeness (QED) is 0.782. The standard InChI is InChI=1S/C17H19N3O/c1-2-21-14-8-9-16-15(10-14)19-17(11-18)20(16)12-13-6-4-3-5-7-13/h3-10H,2,11-12,18H2,1H3. The molecule has 108 valence electrons. The van der Waals surface area contributed by atoms with E-state index in [2.05, 4.69) is 27.8 Å². The smallest absolute Gasteiger partial charge is 0.123 e. The molecule has 0 radical (unpaired) electrons. The lowest BCUT2D eigenvalue weighted by Gasteiger charge is -2.08. The van der Waals surface area contributed by atoms with Crippen molar-refractivity contribution in [1.82, 2.24) is 9.55 Å². The molecule has 0 atom stereocenters. The Labute approximate surface area is 124 Å². The first-order valence-electron chi connectivity index (χ1n) is 7.17. The normalized spacial score (nSPS) is 11.0. The monoisotopic (exact) mass is 281 g/mol. The summed E-state index contributed by atoms with van der Waals surface area (Å²) in [4.78, 5) is 4.63. The second kappa shape index (κ2) is 5.97. The lowest BCUT2D eigenvalue weighted by atomic mass is 10.2. The molecule has 0 saturated heterocycles. The van der Waals surface area contributed by atoms with Gasteiger partial charge in [-0.3, -0.25) is 0 Å². The molecule has 2 N–H and O–H groups in total. The van der Waals surface area contributed by atoms with E-state index in [1.54, 1.807) is 0 Å². The molecule has 1 aromatic heterocycles. The van der Waals surface area contributed by atoms with Crippen LogP contribution < -0.4 is 10.5 Å². The number of ether oxygens (including phenoxy) is 1. The molecule has 0 bridgehead atoms. The molecular formula is C17H19N3O. The van der Waals surface area contributed by atoms with Gasteiger partial charge in [-0.2, -0.15) is 0 Å². The van der Waals surface area contributed by atoms with Gasteiger partial charge in [0.15, 0.2) is 0 Å². The average molecular weight is 281 g/mol. The van der Waals surface area contributed by atoms with E-state index in [1.165, 1.54) is 5.56 Å². The van der Waals surface area contributed by atoms with Crippen molar-refractivity contribution in [3.63, 3.8) is 0 Å². The molecule has 0 aliphatic heterocycles. The first kappa shape index (κ1) is 13.6. The summed E-state index contributed by atoms with van der Waals surface area (Å²) in [5, 5.41) is 0. The van der Waals surface area contributed by atoms with Gasteiger partial charge in [-0.1, -0.05) is 30.3 Å². The Morgan fingerprint density at radius 3 is 2.67 bits per heavy atom. The maximum atomic E-state index is 5.85. The fourth-order valence-electron chi connectivity index (χ4n) is 2.51. The molecule has 0 aliphatic rings. The molecule has 4 heteroatoms. The minimum Gasteiger partial charge on any atom is -0.494 e. The van der Waals surface area contributed by atoms with Gasteiger partial charge in [0, 0.05) is 12.6 Å². The van der Waals surface area contributed by atoms with E-state index in [0.29, 0.717) is 13.2 Å². The Morgan fingerprint density at radius 1 is 1.14 bits per heavy atom. The Hall–Kier alpha value is -2.33. The molecule has 0 aliphatic carbocycles. The van der Waals surface area contributed by atoms with E-state index >= 15 is 0 Å². The molecule has 3 rings (SSSR count). The summed E-state index contributed by atoms with van der Waals surface area (Å²) >= 11 is 0. The van der Waals surface area contributed by atoms with E-state index in [9.17, 15) is 0 Å². The summed E-state index contributed by atoms with van der Waals surface area (Å²) in [6.07, 6.45) is 0. The van der Waals surface area contributed by atoms with Gasteiger partial charge in [0.1, 0.15) is 11.6 Å². The number of hydrogen-bond donors (Lipinski definition) is 1. The summed E-state index contributed by atoms with van der Waals surface area (Å²) in [5.41, 5.74) is 9.10. The highest BCUT2D eigenvalue weighted by atomic mass is 16.5. The minimum absolute atomic E-state index is 0.422. The van der Waals surface area contributed by atoms with Crippen LogP contribution in [0.15, 0.2) is 48.5 Å². The molecule has 2 aromatic carbocycles. The third-order valence-corrected chi connectivity index (χ3v) is 3.48. The van der Waals surface area contributed by atoms with Crippen molar-refractivity contribution in [2.45, 2.75) is 20.0 Å². The summed E-state index contributed by atoms with van der Waals surface area (Å²) < 4.78 is 7.70. The number of aromatic nitrogens is 2. The van der Waals surface area contributed by atoms with Crippen molar-refractivity contribution in [3.05, 3.63) is 59.9 Å². The van der Waals surface area contributed by atoms with Crippen LogP contribution in [0.5, 0.6) is 5.75 Å². The average Bonchev–Trinajstić information content (AvgIpc) is 2.86. The predicted molar refractivity (Wildman–Crippen MR) is 84.3 cm³/mol. The predicted octanol–water partition coefficient (Wildman–Crippen LogP) is 2.94. The van der Waals surface area contributed by atoms with Crippen LogP contribution >= 0.6 is 0 Å². The summed E-state index contributed by atoms with van der Waals surface area (Å²) in [6.45, 7) is 3.83. The van der Waals surface area contributed by atoms with Gasteiger partial charge >= 0.3 is 0 Å². The highest BCUT2D eigenvalue weighted by Crippen LogP contribution is 2.23. The van der Waals surface area contributed by atoms with Crippen LogP contribution in [0.3, 0.4) is 0 Å². The molecule has 4 nitrogen and oxygen atoms in total. The van der Waals surface area contributed by atoms with Crippen LogP contribution in [0.25, 0.3) is 11.0 Å². The van der Waals surface area contributed by atoms with Gasteiger partial charge in [-0.15, -0.1) is 0 Å². The van der Waals surface area contributed by atoms with Crippen molar-refractivity contribution in [2.24, 2.45) is 5.73 Å². The summed E-state index contributed by atoms with van der Waals surface area (Å²) in [5.74, 6) is 1.74. The van der Waals surface area contributed by atoms with E-state index in [-0.39, 0.29) is 0 Å². The number of nitrogens with two attached hydrogens (primary N) is 1. The Bertz CT molecular complexity index is 734. The van der Waals surface area contributed by atoms with Crippen LogP contribution in [0.1, 0.15) is 18.3 Å². The van der Waals surface area contributed by atoms with Crippen LogP contribution in [-0.4, -0.2) is 16.2 Å². The molecule has 3 aromatic rings. The number of fused-ring (bicyclic) bond motifs is 1. The molecule has 0 spiro atoms. The maximum absolute atomic E-state index is 5.85. The van der Waals surface area contributed by atoms with Gasteiger partial charge in [-0.05, 0) is 24.6 Å². The zero-order valence-electron chi connectivity index (χ0n) is 12.1. The maximum Gasteiger partial charge on any atom is 0.123 e. The van der Waals surface area contributed by atoms with Crippen molar-refractivity contribution in [2.75, 3.05) is 6.61 Å². The summed E-state index contributed by atoms with van der Waals surface area (Å²) in [7, 11) is 0. The molecular weight excluding hydrogens is 262 g/mol. The van der Waals surface area contributed by atoms with Crippen molar-refractivity contribution in [1.29, 1.82) is 0 Å². The highest BCUT2D eigenvalue weighted by molar-refractivity contribution is 5.78. The minimum atomic E-state index is 0.422. The van der Waals surface area contributed by atoms with E-state index < -0.39 is 0 Å². The number of nitrogens with zero attached hydrogens (tertiary/aromatic N) is 2. The zero-order valence-corrected chi connectivity index (χ0v) is 12.1. The lowest BCUT2D eigenvalue weighted by molar-refractivity contribution is 0.340. The van der Waals surface area contributed by atoms with Crippen molar-refractivity contribution < 1.29 is 4.74 Å². The first-order chi connectivity index (χ1) is 10.3. The molecule has 0 amide bonds. The zero-order chi connectivity index (χ0) is 14.7. The number of imidazole rings is 1. The largest absolute Gasteiger partial charge is 0.494 e. The Morgan fingerprint density at radius 2 is 1.95 bits per heavy atom. The van der Waals surface area contributed by atoms with Crippen molar-refractivity contribution in [3.8, 4) is 5.75 Å². The van der Waals surface area contributed by atoms with Gasteiger partial charge in [0.05, 0.1) is 24.2 Å². The van der Waals surface area contributed by atoms with E-state index in [4.69, 9.17) is 10.5 Å². The number of rotatable bonds is 5. The second-order valence-corrected chi connectivity index (χ2v) is 4.89. The van der Waals surface area contributed by atoms with Gasteiger partial charge in [0.2, 0.25) is 0 Å². The number of benzene rings is 2. The van der Waals surface area contributed by atoms with E-state index in [0.717, 1.165) is 29.2 Å². The van der Waals surface area contributed by atoms with Crippen LogP contribution in [0.4, 0.5) is 0 Å². The Kier molecular flexibility index (Phi) is 3.88. The van der Waals surface area contributed by atoms with Gasteiger partial charge in [-0.25, -0.2) is 4.98 Å². The molecule has 0 fully saturated rings. The molecule has 1 heterocycles. The van der Waals surface area contributed by atoms with Gasteiger partial charge in [0.25, 0.3) is 0 Å². The Balaban J connectivity index is 2.04. The lowest BCUT2D eigenvalue weighted by Crippen LogP contribution is -2.09. The molecule has 21 heavy (non-hydrogen) atoms. The van der Waals surface area contributed by atoms with Crippen LogP contribution in [0.2, 0.25) is 0 Å². The summed E-state index contributed by atoms with van der Waals surface area (Å²) in [6, 6.07) is 16.3. The highest BCUT2D eigenvalue weighted by Gasteiger charge is 2.10. The first-order valence-corrected chi connectivity index (χ1v) is 7.17. The molecule has 0 saturated carbocycles. The van der Waals surface area contributed by atoms with Crippen LogP contribution in [-0.2, 0) is 13.1 Å². The number of hydrogen-bond acceptors (Lipinski definition) is 3. The molecule has 0 unspecified atom stereocenters. The fourth-order valence-corrected chi connectivity index (χ4v) is 2.51. The third kappa shape index (κ3) is 2.76. The second-order valence-electron chi connectivity index (χ2n) is 4.89. The van der Waals surface area contributed by atoms with Gasteiger partial charge < -0.3 is 15.0 Å². The van der Waals surface area contributed by atoms with Crippen LogP contribution in [0, 0.1) is 0 Å². The fraction of sp³-hybridized carbons (Fsp3) is 0.235.